The standard InChI is InChI=1S/C23H25FN4O/c1-18-16-26(17-20-3-7-21(24)8-4-20)13-14-27(18)23(29)15-19-5-9-22(10-6-19)28-12-2-11-25-28/h2-12,18H,13-17H2,1H3/t18-/m0/s1. The van der Waals surface area contributed by atoms with Gasteiger partial charge in [-0.05, 0) is 48.4 Å². The van der Waals surface area contributed by atoms with Crippen molar-refractivity contribution in [3.8, 4) is 5.69 Å². The predicted octanol–water partition coefficient (Wildman–Crippen LogP) is 3.29. The van der Waals surface area contributed by atoms with E-state index in [0.29, 0.717) is 13.0 Å². The number of piperazine rings is 1. The molecule has 0 aliphatic carbocycles. The van der Waals surface area contributed by atoms with Gasteiger partial charge in [0, 0.05) is 44.6 Å². The van der Waals surface area contributed by atoms with Crippen LogP contribution in [0.5, 0.6) is 0 Å². The summed E-state index contributed by atoms with van der Waals surface area (Å²) < 4.78 is 14.9. The number of nitrogens with zero attached hydrogens (tertiary/aromatic N) is 4. The third kappa shape index (κ3) is 4.71. The van der Waals surface area contributed by atoms with Crippen LogP contribution in [0.2, 0.25) is 0 Å². The van der Waals surface area contributed by atoms with Crippen molar-refractivity contribution in [2.24, 2.45) is 0 Å². The Morgan fingerprint density at radius 1 is 1.07 bits per heavy atom. The van der Waals surface area contributed by atoms with Gasteiger partial charge < -0.3 is 4.90 Å². The van der Waals surface area contributed by atoms with E-state index in [4.69, 9.17) is 0 Å². The summed E-state index contributed by atoms with van der Waals surface area (Å²) in [6, 6.07) is 16.6. The molecular weight excluding hydrogens is 367 g/mol. The Kier molecular flexibility index (Phi) is 5.71. The van der Waals surface area contributed by atoms with Crippen LogP contribution in [0.15, 0.2) is 67.0 Å². The van der Waals surface area contributed by atoms with E-state index in [1.807, 2.05) is 53.6 Å². The minimum absolute atomic E-state index is 0.153. The van der Waals surface area contributed by atoms with Gasteiger partial charge in [0.1, 0.15) is 5.82 Å². The molecule has 4 rings (SSSR count). The second-order valence-electron chi connectivity index (χ2n) is 7.59. The molecule has 3 aromatic rings. The van der Waals surface area contributed by atoms with Crippen molar-refractivity contribution < 1.29 is 9.18 Å². The van der Waals surface area contributed by atoms with Crippen LogP contribution in [0.1, 0.15) is 18.1 Å². The molecule has 0 saturated carbocycles. The number of hydrogen-bond acceptors (Lipinski definition) is 3. The first kappa shape index (κ1) is 19.3. The summed E-state index contributed by atoms with van der Waals surface area (Å²) in [4.78, 5) is 17.1. The molecule has 0 spiro atoms. The van der Waals surface area contributed by atoms with Gasteiger partial charge in [-0.2, -0.15) is 5.10 Å². The van der Waals surface area contributed by atoms with Crippen LogP contribution in [-0.2, 0) is 17.8 Å². The highest BCUT2D eigenvalue weighted by Gasteiger charge is 2.27. The fraction of sp³-hybridized carbons (Fsp3) is 0.304. The Hall–Kier alpha value is -2.99. The maximum absolute atomic E-state index is 13.1. The predicted molar refractivity (Wildman–Crippen MR) is 110 cm³/mol. The third-order valence-corrected chi connectivity index (χ3v) is 5.41. The Balaban J connectivity index is 1.32. The van der Waals surface area contributed by atoms with Gasteiger partial charge in [0.2, 0.25) is 5.91 Å². The van der Waals surface area contributed by atoms with Crippen molar-refractivity contribution in [2.75, 3.05) is 19.6 Å². The lowest BCUT2D eigenvalue weighted by molar-refractivity contribution is -0.135. The molecule has 6 heteroatoms. The van der Waals surface area contributed by atoms with Gasteiger partial charge >= 0.3 is 0 Å². The summed E-state index contributed by atoms with van der Waals surface area (Å²) in [6.45, 7) is 5.23. The van der Waals surface area contributed by atoms with Gasteiger partial charge in [-0.15, -0.1) is 0 Å². The monoisotopic (exact) mass is 392 g/mol. The first-order chi connectivity index (χ1) is 14.1. The first-order valence-corrected chi connectivity index (χ1v) is 9.94. The minimum Gasteiger partial charge on any atom is -0.337 e. The topological polar surface area (TPSA) is 41.4 Å². The summed E-state index contributed by atoms with van der Waals surface area (Å²) in [6.07, 6.45) is 4.05. The molecule has 1 aliphatic rings. The first-order valence-electron chi connectivity index (χ1n) is 9.94. The van der Waals surface area contributed by atoms with Gasteiger partial charge in [-0.1, -0.05) is 24.3 Å². The number of benzene rings is 2. The highest BCUT2D eigenvalue weighted by molar-refractivity contribution is 5.79. The molecule has 2 aromatic carbocycles. The van der Waals surface area contributed by atoms with Crippen molar-refractivity contribution >= 4 is 5.91 Å². The zero-order valence-electron chi connectivity index (χ0n) is 16.5. The third-order valence-electron chi connectivity index (χ3n) is 5.41. The molecule has 150 valence electrons. The van der Waals surface area contributed by atoms with Crippen LogP contribution < -0.4 is 0 Å². The van der Waals surface area contributed by atoms with Crippen molar-refractivity contribution in [3.05, 3.63) is 83.9 Å². The number of amides is 1. The molecule has 1 fully saturated rings. The SMILES string of the molecule is C[C@H]1CN(Cc2ccc(F)cc2)CCN1C(=O)Cc1ccc(-n2cccn2)cc1. The average molecular weight is 392 g/mol. The van der Waals surface area contributed by atoms with Crippen molar-refractivity contribution in [2.45, 2.75) is 25.9 Å². The Morgan fingerprint density at radius 2 is 1.79 bits per heavy atom. The molecule has 1 saturated heterocycles. The van der Waals surface area contributed by atoms with Gasteiger partial charge in [0.25, 0.3) is 0 Å². The maximum Gasteiger partial charge on any atom is 0.227 e. The zero-order chi connectivity index (χ0) is 20.2. The molecule has 1 atom stereocenters. The average Bonchev–Trinajstić information content (AvgIpc) is 3.25. The highest BCUT2D eigenvalue weighted by Crippen LogP contribution is 2.16. The lowest BCUT2D eigenvalue weighted by Crippen LogP contribution is -2.54. The molecule has 0 bridgehead atoms. The summed E-state index contributed by atoms with van der Waals surface area (Å²) in [5.41, 5.74) is 3.08. The summed E-state index contributed by atoms with van der Waals surface area (Å²) >= 11 is 0. The van der Waals surface area contributed by atoms with Crippen molar-refractivity contribution in [3.63, 3.8) is 0 Å². The second-order valence-corrected chi connectivity index (χ2v) is 7.59. The molecule has 1 amide bonds. The van der Waals surface area contributed by atoms with E-state index >= 15 is 0 Å². The van der Waals surface area contributed by atoms with Crippen LogP contribution in [0, 0.1) is 5.82 Å². The fourth-order valence-electron chi connectivity index (χ4n) is 3.86. The van der Waals surface area contributed by atoms with Crippen LogP contribution in [-0.4, -0.2) is 51.2 Å². The van der Waals surface area contributed by atoms with E-state index in [1.54, 1.807) is 10.9 Å². The lowest BCUT2D eigenvalue weighted by atomic mass is 10.1. The number of carbonyl (C=O) groups is 1. The largest absolute Gasteiger partial charge is 0.337 e. The molecule has 0 radical (unpaired) electrons. The Labute approximate surface area is 170 Å². The highest BCUT2D eigenvalue weighted by atomic mass is 19.1. The number of halogens is 1. The van der Waals surface area contributed by atoms with Crippen LogP contribution >= 0.6 is 0 Å². The Morgan fingerprint density at radius 3 is 2.45 bits per heavy atom. The number of aromatic nitrogens is 2. The molecule has 1 aliphatic heterocycles. The molecule has 1 aromatic heterocycles. The smallest absolute Gasteiger partial charge is 0.227 e. The quantitative estimate of drug-likeness (QED) is 0.669. The number of carbonyl (C=O) groups excluding carboxylic acids is 1. The van der Waals surface area contributed by atoms with Crippen molar-refractivity contribution in [1.29, 1.82) is 0 Å². The van der Waals surface area contributed by atoms with Crippen molar-refractivity contribution in [1.82, 2.24) is 19.6 Å². The maximum atomic E-state index is 13.1. The zero-order valence-corrected chi connectivity index (χ0v) is 16.5. The minimum atomic E-state index is -0.213. The van der Waals surface area contributed by atoms with E-state index in [0.717, 1.165) is 36.4 Å². The molecule has 0 unspecified atom stereocenters. The molecule has 2 heterocycles. The van der Waals surface area contributed by atoms with E-state index in [-0.39, 0.29) is 17.8 Å². The second kappa shape index (κ2) is 8.57. The number of hydrogen-bond donors (Lipinski definition) is 0. The summed E-state index contributed by atoms with van der Waals surface area (Å²) in [7, 11) is 0. The lowest BCUT2D eigenvalue weighted by Gasteiger charge is -2.40. The number of rotatable bonds is 5. The molecule has 5 nitrogen and oxygen atoms in total. The van der Waals surface area contributed by atoms with Gasteiger partial charge in [-0.25, -0.2) is 9.07 Å². The molecule has 0 N–H and O–H groups in total. The fourth-order valence-corrected chi connectivity index (χ4v) is 3.86. The summed E-state index contributed by atoms with van der Waals surface area (Å²) in [5.74, 6) is -0.0547. The van der Waals surface area contributed by atoms with Crippen LogP contribution in [0.3, 0.4) is 0 Å². The Bertz CT molecular complexity index is 938. The van der Waals surface area contributed by atoms with Gasteiger partial charge in [-0.3, -0.25) is 9.69 Å². The van der Waals surface area contributed by atoms with E-state index in [1.165, 1.54) is 12.1 Å². The van der Waals surface area contributed by atoms with Crippen LogP contribution in [0.25, 0.3) is 5.69 Å². The molecular formula is C23H25FN4O. The summed E-state index contributed by atoms with van der Waals surface area (Å²) in [5, 5.41) is 4.22. The van der Waals surface area contributed by atoms with Crippen LogP contribution in [0.4, 0.5) is 4.39 Å². The molecule has 29 heavy (non-hydrogen) atoms. The normalized spacial score (nSPS) is 17.4. The van der Waals surface area contributed by atoms with E-state index in [9.17, 15) is 9.18 Å². The van der Waals surface area contributed by atoms with E-state index in [2.05, 4.69) is 16.9 Å². The van der Waals surface area contributed by atoms with Gasteiger partial charge in [0.05, 0.1) is 12.1 Å². The van der Waals surface area contributed by atoms with Gasteiger partial charge in [0.15, 0.2) is 0 Å². The van der Waals surface area contributed by atoms with E-state index < -0.39 is 0 Å².